The second-order valence-electron chi connectivity index (χ2n) is 0.702. The SMILES string of the molecule is CBPSC. The summed E-state index contributed by atoms with van der Waals surface area (Å²) in [6.07, 6.45) is 2.14. The number of hydrogen-bond acceptors (Lipinski definition) is 1. The Labute approximate surface area is 39.8 Å². The first-order chi connectivity index (χ1) is 2.41. The molecule has 0 amide bonds. The third-order valence-corrected chi connectivity index (χ3v) is 2.60. The molecule has 0 aromatic heterocycles. The Morgan fingerprint density at radius 2 is 2.40 bits per heavy atom. The zero-order valence-corrected chi connectivity index (χ0v) is 5.43. The minimum atomic E-state index is 1.11. The van der Waals surface area contributed by atoms with Gasteiger partial charge in [0.25, 0.3) is 0 Å². The van der Waals surface area contributed by atoms with E-state index in [2.05, 4.69) is 13.1 Å². The van der Waals surface area contributed by atoms with Crippen molar-refractivity contribution in [2.24, 2.45) is 0 Å². The van der Waals surface area contributed by atoms with Crippen LogP contribution in [0.15, 0.2) is 0 Å². The number of hydrogen-bond donors (Lipinski definition) is 0. The minimum Gasteiger partial charge on any atom is -0.151 e. The quantitative estimate of drug-likeness (QED) is 0.378. The number of rotatable bonds is 2. The van der Waals surface area contributed by atoms with Gasteiger partial charge in [0.2, 0.25) is 0 Å². The van der Waals surface area contributed by atoms with Gasteiger partial charge in [-0.15, -0.1) is 7.66 Å². The Hall–Kier alpha value is 0.845. The van der Waals surface area contributed by atoms with Crippen LogP contribution in [0, 0.1) is 0 Å². The van der Waals surface area contributed by atoms with Gasteiger partial charge in [0, 0.05) is 0 Å². The van der Waals surface area contributed by atoms with Gasteiger partial charge < -0.3 is 0 Å². The topological polar surface area (TPSA) is 0 Å². The largest absolute Gasteiger partial charge is 0.158 e. The van der Waals surface area contributed by atoms with E-state index >= 15 is 0 Å². The summed E-state index contributed by atoms with van der Waals surface area (Å²) in [6, 6.07) is 0. The third kappa shape index (κ3) is 4.84. The molecule has 0 fully saturated rings. The van der Waals surface area contributed by atoms with Crippen molar-refractivity contribution in [2.75, 3.05) is 6.26 Å². The summed E-state index contributed by atoms with van der Waals surface area (Å²) < 4.78 is 0. The van der Waals surface area contributed by atoms with Gasteiger partial charge in [0.1, 0.15) is 0 Å². The molecule has 0 aromatic rings. The fraction of sp³-hybridized carbons (Fsp3) is 1.00. The lowest BCUT2D eigenvalue weighted by Gasteiger charge is -1.78. The molecule has 0 spiro atoms. The molecule has 30 valence electrons. The lowest BCUT2D eigenvalue weighted by Crippen LogP contribution is -1.54. The van der Waals surface area contributed by atoms with E-state index in [-0.39, 0.29) is 0 Å². The van der Waals surface area contributed by atoms with E-state index in [0.29, 0.717) is 0 Å². The predicted molar refractivity (Wildman–Crippen MR) is 34.8 cm³/mol. The zero-order valence-electron chi connectivity index (χ0n) is 3.62. The maximum atomic E-state index is 2.20. The molecule has 0 rings (SSSR count). The highest BCUT2D eigenvalue weighted by Gasteiger charge is 1.70. The molecule has 0 N–H and O–H groups in total. The van der Waals surface area contributed by atoms with Gasteiger partial charge in [-0.3, -0.25) is 0 Å². The highest BCUT2D eigenvalue weighted by Crippen LogP contribution is 2.21. The van der Waals surface area contributed by atoms with Crippen molar-refractivity contribution in [1.29, 1.82) is 0 Å². The maximum absolute atomic E-state index is 2.20. The summed E-state index contributed by atoms with van der Waals surface area (Å²) in [5, 5.41) is 0. The van der Waals surface area contributed by atoms with Gasteiger partial charge >= 0.3 is 0 Å². The average Bonchev–Trinajstić information content (AvgIpc) is 1.41. The van der Waals surface area contributed by atoms with Crippen molar-refractivity contribution in [2.45, 2.75) is 6.82 Å². The first-order valence-corrected chi connectivity index (χ1v) is 4.83. The van der Waals surface area contributed by atoms with Crippen molar-refractivity contribution in [3.8, 4) is 0 Å². The van der Waals surface area contributed by atoms with Crippen LogP contribution < -0.4 is 0 Å². The van der Waals surface area contributed by atoms with Gasteiger partial charge in [-0.05, 0) is 6.26 Å². The molecule has 0 radical (unpaired) electrons. The molecule has 0 saturated heterocycles. The van der Waals surface area contributed by atoms with E-state index in [0.717, 1.165) is 7.66 Å². The van der Waals surface area contributed by atoms with Crippen LogP contribution in [0.5, 0.6) is 0 Å². The summed E-state index contributed by atoms with van der Waals surface area (Å²) in [7, 11) is 1.11. The fourth-order valence-corrected chi connectivity index (χ4v) is 1.30. The summed E-state index contributed by atoms with van der Waals surface area (Å²) in [5.74, 6) is 0. The van der Waals surface area contributed by atoms with Gasteiger partial charge in [-0.2, -0.15) is 11.4 Å². The highest BCUT2D eigenvalue weighted by molar-refractivity contribution is 8.56. The summed E-state index contributed by atoms with van der Waals surface area (Å²) >= 11 is 1.93. The van der Waals surface area contributed by atoms with E-state index < -0.39 is 0 Å². The van der Waals surface area contributed by atoms with Crippen LogP contribution in [-0.2, 0) is 0 Å². The lowest BCUT2D eigenvalue weighted by molar-refractivity contribution is 2.37. The van der Waals surface area contributed by atoms with Gasteiger partial charge in [0.15, 0.2) is 7.00 Å². The molecule has 0 bridgehead atoms. The second-order valence-corrected chi connectivity index (χ2v) is 4.20. The molecule has 0 nitrogen and oxygen atoms in total. The summed E-state index contributed by atoms with van der Waals surface area (Å²) in [6.45, 7) is 3.54. The highest BCUT2D eigenvalue weighted by atomic mass is 32.7. The Kier molecular flexibility index (Phi) is 5.66. The van der Waals surface area contributed by atoms with Crippen molar-refractivity contribution in [1.82, 2.24) is 0 Å². The van der Waals surface area contributed by atoms with E-state index in [4.69, 9.17) is 0 Å². The van der Waals surface area contributed by atoms with Crippen molar-refractivity contribution >= 4 is 26.0 Å². The van der Waals surface area contributed by atoms with Gasteiger partial charge in [-0.1, -0.05) is 6.82 Å². The van der Waals surface area contributed by atoms with Crippen LogP contribution in [0.3, 0.4) is 0 Å². The average molecular weight is 106 g/mol. The molecule has 3 heteroatoms. The minimum absolute atomic E-state index is 1.11. The Morgan fingerprint density at radius 3 is 2.40 bits per heavy atom. The Bertz CT molecular complexity index is 17.1. The standard InChI is InChI=1S/C2H8BPS/c1-3-4-5-2/h3-4H,1-2H3. The molecule has 0 saturated carbocycles. The molecule has 0 aliphatic rings. The first-order valence-electron chi connectivity index (χ1n) is 1.67. The van der Waals surface area contributed by atoms with Gasteiger partial charge in [0.05, 0.1) is 0 Å². The van der Waals surface area contributed by atoms with E-state index in [1.165, 1.54) is 7.00 Å². The van der Waals surface area contributed by atoms with Crippen LogP contribution in [0.2, 0.25) is 6.82 Å². The van der Waals surface area contributed by atoms with Crippen LogP contribution in [0.4, 0.5) is 0 Å². The lowest BCUT2D eigenvalue weighted by atomic mass is 10.2. The molecule has 0 heterocycles. The molecule has 5 heavy (non-hydrogen) atoms. The second kappa shape index (κ2) is 4.84. The van der Waals surface area contributed by atoms with Crippen molar-refractivity contribution < 1.29 is 0 Å². The van der Waals surface area contributed by atoms with E-state index in [1.54, 1.807) is 0 Å². The monoisotopic (exact) mass is 106 g/mol. The Morgan fingerprint density at radius 1 is 1.80 bits per heavy atom. The van der Waals surface area contributed by atoms with E-state index in [1.807, 2.05) is 11.4 Å². The molecular formula is C2H8BPS. The van der Waals surface area contributed by atoms with Crippen LogP contribution in [-0.4, -0.2) is 13.3 Å². The maximum Gasteiger partial charge on any atom is 0.158 e. The smallest absolute Gasteiger partial charge is 0.151 e. The van der Waals surface area contributed by atoms with Crippen LogP contribution in [0.25, 0.3) is 0 Å². The molecule has 0 aromatic carbocycles. The zero-order chi connectivity index (χ0) is 4.12. The van der Waals surface area contributed by atoms with Crippen molar-refractivity contribution in [3.63, 3.8) is 0 Å². The summed E-state index contributed by atoms with van der Waals surface area (Å²) in [5.41, 5.74) is 0. The van der Waals surface area contributed by atoms with Gasteiger partial charge in [-0.25, -0.2) is 0 Å². The van der Waals surface area contributed by atoms with Crippen molar-refractivity contribution in [3.05, 3.63) is 0 Å². The van der Waals surface area contributed by atoms with Crippen LogP contribution >= 0.6 is 19.0 Å². The van der Waals surface area contributed by atoms with E-state index in [9.17, 15) is 0 Å². The molecule has 0 aliphatic carbocycles. The molecule has 0 aliphatic heterocycles. The third-order valence-electron chi connectivity index (χ3n) is 0.289. The molecule has 1 unspecified atom stereocenters. The Balaban J connectivity index is 2.19. The fourth-order valence-electron chi connectivity index (χ4n) is 0.144. The molecule has 1 atom stereocenters. The predicted octanol–water partition coefficient (Wildman–Crippen LogP) is 1.34. The normalized spacial score (nSPS) is 10.0. The molecular weight excluding hydrogens is 97.9 g/mol. The summed E-state index contributed by atoms with van der Waals surface area (Å²) in [4.78, 5) is 0. The van der Waals surface area contributed by atoms with Crippen LogP contribution in [0.1, 0.15) is 0 Å². The first kappa shape index (κ1) is 5.84.